The Kier molecular flexibility index (Phi) is 7.72. The lowest BCUT2D eigenvalue weighted by molar-refractivity contribution is -0.130. The summed E-state index contributed by atoms with van der Waals surface area (Å²) in [7, 11) is 1.67. The lowest BCUT2D eigenvalue weighted by atomic mass is 9.73. The smallest absolute Gasteiger partial charge is 0.219 e. The molecule has 0 bridgehead atoms. The SMILES string of the molecule is COc1ccc(CN(CC[C@H](C(C)C)[C@@H]2CCOC(C)(C)C2)C(C)=O)cc1. The van der Waals surface area contributed by atoms with Crippen LogP contribution in [0.25, 0.3) is 0 Å². The highest BCUT2D eigenvalue weighted by Gasteiger charge is 2.34. The van der Waals surface area contributed by atoms with Crippen molar-refractivity contribution in [3.8, 4) is 5.75 Å². The van der Waals surface area contributed by atoms with Crippen LogP contribution in [-0.4, -0.2) is 36.7 Å². The summed E-state index contributed by atoms with van der Waals surface area (Å²) in [6.07, 6.45) is 3.29. The van der Waals surface area contributed by atoms with Crippen molar-refractivity contribution in [1.82, 2.24) is 4.90 Å². The second-order valence-electron chi connectivity index (χ2n) is 8.85. The lowest BCUT2D eigenvalue weighted by Gasteiger charge is -2.41. The van der Waals surface area contributed by atoms with Gasteiger partial charge in [-0.15, -0.1) is 0 Å². The topological polar surface area (TPSA) is 38.8 Å². The molecule has 152 valence electrons. The molecule has 1 amide bonds. The quantitative estimate of drug-likeness (QED) is 0.648. The van der Waals surface area contributed by atoms with Gasteiger partial charge in [-0.1, -0.05) is 26.0 Å². The van der Waals surface area contributed by atoms with Gasteiger partial charge in [-0.05, 0) is 68.6 Å². The van der Waals surface area contributed by atoms with Crippen molar-refractivity contribution < 1.29 is 14.3 Å². The van der Waals surface area contributed by atoms with Gasteiger partial charge in [0.05, 0.1) is 12.7 Å². The van der Waals surface area contributed by atoms with Crippen LogP contribution >= 0.6 is 0 Å². The number of nitrogens with zero attached hydrogens (tertiary/aromatic N) is 1. The van der Waals surface area contributed by atoms with Gasteiger partial charge in [0.25, 0.3) is 0 Å². The van der Waals surface area contributed by atoms with Gasteiger partial charge in [0.2, 0.25) is 5.91 Å². The van der Waals surface area contributed by atoms with Crippen molar-refractivity contribution in [2.24, 2.45) is 17.8 Å². The summed E-state index contributed by atoms with van der Waals surface area (Å²) in [6.45, 7) is 13.0. The van der Waals surface area contributed by atoms with Crippen molar-refractivity contribution >= 4 is 5.91 Å². The molecule has 2 atom stereocenters. The molecule has 2 rings (SSSR count). The Morgan fingerprint density at radius 1 is 1.30 bits per heavy atom. The fraction of sp³-hybridized carbons (Fsp3) is 0.696. The summed E-state index contributed by atoms with van der Waals surface area (Å²) < 4.78 is 11.1. The second kappa shape index (κ2) is 9.59. The molecule has 1 fully saturated rings. The number of amides is 1. The molecule has 0 radical (unpaired) electrons. The van der Waals surface area contributed by atoms with Gasteiger partial charge in [0.15, 0.2) is 0 Å². The Hall–Kier alpha value is -1.55. The Labute approximate surface area is 165 Å². The number of carbonyl (C=O) groups excluding carboxylic acids is 1. The Morgan fingerprint density at radius 2 is 1.96 bits per heavy atom. The van der Waals surface area contributed by atoms with E-state index in [-0.39, 0.29) is 11.5 Å². The number of methoxy groups -OCH3 is 1. The highest BCUT2D eigenvalue weighted by atomic mass is 16.5. The molecule has 0 saturated carbocycles. The third-order valence-corrected chi connectivity index (χ3v) is 5.91. The monoisotopic (exact) mass is 375 g/mol. The predicted molar refractivity (Wildman–Crippen MR) is 110 cm³/mol. The van der Waals surface area contributed by atoms with Gasteiger partial charge in [-0.25, -0.2) is 0 Å². The lowest BCUT2D eigenvalue weighted by Crippen LogP contribution is -2.39. The van der Waals surface area contributed by atoms with Crippen LogP contribution in [0.15, 0.2) is 24.3 Å². The summed E-state index contributed by atoms with van der Waals surface area (Å²) in [5.41, 5.74) is 1.11. The van der Waals surface area contributed by atoms with Gasteiger partial charge in [-0.2, -0.15) is 0 Å². The zero-order valence-electron chi connectivity index (χ0n) is 18.0. The summed E-state index contributed by atoms with van der Waals surface area (Å²) >= 11 is 0. The van der Waals surface area contributed by atoms with Crippen molar-refractivity contribution in [1.29, 1.82) is 0 Å². The maximum Gasteiger partial charge on any atom is 0.219 e. The van der Waals surface area contributed by atoms with Gasteiger partial charge in [0, 0.05) is 26.6 Å². The van der Waals surface area contributed by atoms with Crippen molar-refractivity contribution in [2.45, 2.75) is 66.0 Å². The van der Waals surface area contributed by atoms with E-state index in [9.17, 15) is 4.79 Å². The largest absolute Gasteiger partial charge is 0.497 e. The summed E-state index contributed by atoms with van der Waals surface area (Å²) in [5, 5.41) is 0. The van der Waals surface area contributed by atoms with E-state index in [0.717, 1.165) is 43.7 Å². The molecular formula is C23H37NO3. The molecular weight excluding hydrogens is 338 g/mol. The summed E-state index contributed by atoms with van der Waals surface area (Å²) in [5.74, 6) is 2.88. The fourth-order valence-electron chi connectivity index (χ4n) is 4.36. The van der Waals surface area contributed by atoms with Crippen LogP contribution in [0.3, 0.4) is 0 Å². The van der Waals surface area contributed by atoms with E-state index < -0.39 is 0 Å². The number of rotatable bonds is 8. The first kappa shape index (κ1) is 21.7. The minimum Gasteiger partial charge on any atom is -0.497 e. The number of carbonyl (C=O) groups is 1. The molecule has 4 heteroatoms. The highest BCUT2D eigenvalue weighted by molar-refractivity contribution is 5.73. The summed E-state index contributed by atoms with van der Waals surface area (Å²) in [4.78, 5) is 14.2. The zero-order valence-corrected chi connectivity index (χ0v) is 18.0. The first-order chi connectivity index (χ1) is 12.7. The van der Waals surface area contributed by atoms with Crippen LogP contribution in [-0.2, 0) is 16.1 Å². The molecule has 0 aromatic heterocycles. The van der Waals surface area contributed by atoms with Gasteiger partial charge in [0.1, 0.15) is 5.75 Å². The van der Waals surface area contributed by atoms with E-state index >= 15 is 0 Å². The van der Waals surface area contributed by atoms with Crippen molar-refractivity contribution in [3.05, 3.63) is 29.8 Å². The molecule has 1 aromatic rings. The maximum atomic E-state index is 12.2. The molecule has 1 saturated heterocycles. The predicted octanol–water partition coefficient (Wildman–Crippen LogP) is 4.91. The van der Waals surface area contributed by atoms with Crippen LogP contribution in [0, 0.1) is 17.8 Å². The van der Waals surface area contributed by atoms with Crippen LogP contribution in [0.2, 0.25) is 0 Å². The molecule has 27 heavy (non-hydrogen) atoms. The van der Waals surface area contributed by atoms with E-state index in [2.05, 4.69) is 27.7 Å². The average molecular weight is 376 g/mol. The van der Waals surface area contributed by atoms with E-state index in [1.807, 2.05) is 29.2 Å². The van der Waals surface area contributed by atoms with Crippen molar-refractivity contribution in [3.63, 3.8) is 0 Å². The Bertz CT molecular complexity index is 594. The highest BCUT2D eigenvalue weighted by Crippen LogP contribution is 2.38. The van der Waals surface area contributed by atoms with Crippen LogP contribution in [0.1, 0.15) is 59.4 Å². The van der Waals surface area contributed by atoms with E-state index in [1.165, 1.54) is 0 Å². The molecule has 0 aliphatic carbocycles. The number of hydrogen-bond acceptors (Lipinski definition) is 3. The van der Waals surface area contributed by atoms with Gasteiger partial charge in [-0.3, -0.25) is 4.79 Å². The van der Waals surface area contributed by atoms with Gasteiger partial charge < -0.3 is 14.4 Å². The standard InChI is InChI=1S/C23H37NO3/c1-17(2)22(20-12-14-27-23(4,5)15-20)11-13-24(18(3)25)16-19-7-9-21(26-6)10-8-19/h7-10,17,20,22H,11-16H2,1-6H3/t20-,22-/m1/s1. The Balaban J connectivity index is 2.00. The Morgan fingerprint density at radius 3 is 2.48 bits per heavy atom. The molecule has 0 spiro atoms. The average Bonchev–Trinajstić information content (AvgIpc) is 2.60. The minimum absolute atomic E-state index is 0.0284. The molecule has 0 N–H and O–H groups in total. The number of ether oxygens (including phenoxy) is 2. The van der Waals surface area contributed by atoms with E-state index in [0.29, 0.717) is 24.3 Å². The third-order valence-electron chi connectivity index (χ3n) is 5.91. The minimum atomic E-state index is -0.0284. The normalized spacial score (nSPS) is 20.3. The third kappa shape index (κ3) is 6.53. The molecule has 1 aliphatic rings. The number of hydrogen-bond donors (Lipinski definition) is 0. The van der Waals surface area contributed by atoms with Crippen molar-refractivity contribution in [2.75, 3.05) is 20.3 Å². The van der Waals surface area contributed by atoms with Crippen LogP contribution in [0.4, 0.5) is 0 Å². The van der Waals surface area contributed by atoms with Crippen LogP contribution in [0.5, 0.6) is 5.75 Å². The molecule has 1 aromatic carbocycles. The van der Waals surface area contributed by atoms with E-state index in [4.69, 9.17) is 9.47 Å². The first-order valence-corrected chi connectivity index (χ1v) is 10.2. The molecule has 1 heterocycles. The molecule has 1 aliphatic heterocycles. The van der Waals surface area contributed by atoms with Crippen LogP contribution < -0.4 is 4.74 Å². The first-order valence-electron chi connectivity index (χ1n) is 10.2. The fourth-order valence-corrected chi connectivity index (χ4v) is 4.36. The second-order valence-corrected chi connectivity index (χ2v) is 8.85. The van der Waals surface area contributed by atoms with E-state index in [1.54, 1.807) is 14.0 Å². The maximum absolute atomic E-state index is 12.2. The zero-order chi connectivity index (χ0) is 20.0. The summed E-state index contributed by atoms with van der Waals surface area (Å²) in [6, 6.07) is 7.98. The molecule has 0 unspecified atom stereocenters. The molecule has 4 nitrogen and oxygen atoms in total. The van der Waals surface area contributed by atoms with Gasteiger partial charge >= 0.3 is 0 Å². The number of benzene rings is 1.